The minimum atomic E-state index is 1.33. The average Bonchev–Trinajstić information content (AvgIpc) is 1.11. The summed E-state index contributed by atoms with van der Waals surface area (Å²) in [7, 11) is 0. The lowest BCUT2D eigenvalue weighted by Gasteiger charge is -2.05. The first-order valence-electron chi connectivity index (χ1n) is 34.3. The summed E-state index contributed by atoms with van der Waals surface area (Å²) in [5.74, 6) is 0. The molecule has 0 amide bonds. The predicted octanol–water partition coefficient (Wildman–Crippen LogP) is 28.0. The van der Waals surface area contributed by atoms with Gasteiger partial charge in [0, 0.05) is 0 Å². The van der Waals surface area contributed by atoms with Gasteiger partial charge in [0.1, 0.15) is 0 Å². The second-order valence-electron chi connectivity index (χ2n) is 26.8. The minimum absolute atomic E-state index is 1.33. The number of rotatable bonds is 0. The van der Waals surface area contributed by atoms with Crippen LogP contribution >= 0.6 is 0 Å². The van der Waals surface area contributed by atoms with Gasteiger partial charge in [0.2, 0.25) is 0 Å². The molecule has 97 heavy (non-hydrogen) atoms. The average molecular weight is 1260 g/mol. The van der Waals surface area contributed by atoms with E-state index in [4.69, 9.17) is 0 Å². The van der Waals surface area contributed by atoms with E-state index < -0.39 is 0 Å². The molecule has 0 aliphatic heterocycles. The van der Waals surface area contributed by atoms with Crippen LogP contribution < -0.4 is 0 Å². The van der Waals surface area contributed by atoms with Gasteiger partial charge < -0.3 is 0 Å². The summed E-state index contributed by atoms with van der Waals surface area (Å²) >= 11 is 0. The second-order valence-corrected chi connectivity index (χ2v) is 26.8. The fourth-order valence-corrected chi connectivity index (χ4v) is 12.7. The molecule has 0 unspecified atom stereocenters. The zero-order valence-corrected chi connectivity index (χ0v) is 60.6. The molecule has 0 aliphatic carbocycles. The Morgan fingerprint density at radius 2 is 0.474 bits per heavy atom. The van der Waals surface area contributed by atoms with Crippen LogP contribution in [0.1, 0.15) is 94.6 Å². The third kappa shape index (κ3) is 19.2. The Labute approximate surface area is 580 Å². The Morgan fingerprint density at radius 3 is 1.01 bits per heavy atom. The van der Waals surface area contributed by atoms with E-state index in [-0.39, 0.29) is 0 Å². The maximum Gasteiger partial charge on any atom is -0.0125 e. The van der Waals surface area contributed by atoms with Gasteiger partial charge in [-0.2, -0.15) is 0 Å². The molecule has 16 rings (SSSR count). The summed E-state index contributed by atoms with van der Waals surface area (Å²) in [4.78, 5) is 0. The van der Waals surface area contributed by atoms with Gasteiger partial charge in [0.05, 0.1) is 0 Å². The molecule has 0 spiro atoms. The van der Waals surface area contributed by atoms with Gasteiger partial charge in [0.25, 0.3) is 0 Å². The Morgan fingerprint density at radius 1 is 0.134 bits per heavy atom. The van der Waals surface area contributed by atoms with Crippen LogP contribution in [0, 0.1) is 118 Å². The summed E-state index contributed by atoms with van der Waals surface area (Å²) in [6.07, 6.45) is 0. The number of benzene rings is 16. The third-order valence-corrected chi connectivity index (χ3v) is 18.5. The lowest BCUT2D eigenvalue weighted by molar-refractivity contribution is 1.37. The molecule has 0 aromatic heterocycles. The normalized spacial score (nSPS) is 10.5. The molecule has 0 saturated heterocycles. The van der Waals surface area contributed by atoms with Crippen LogP contribution in [-0.2, 0) is 0 Å². The van der Waals surface area contributed by atoms with Crippen molar-refractivity contribution in [3.8, 4) is 0 Å². The molecule has 0 nitrogen and oxygen atoms in total. The van der Waals surface area contributed by atoms with Gasteiger partial charge in [-0.25, -0.2) is 0 Å². The fraction of sp³-hybridized carbons (Fsp3) is 0.175. The molecule has 0 fully saturated rings. The van der Waals surface area contributed by atoms with Crippen molar-refractivity contribution < 1.29 is 0 Å². The van der Waals surface area contributed by atoms with Crippen LogP contribution in [0.5, 0.6) is 0 Å². The van der Waals surface area contributed by atoms with Gasteiger partial charge in [-0.15, -0.1) is 0 Å². The van der Waals surface area contributed by atoms with Crippen LogP contribution in [0.3, 0.4) is 0 Å². The van der Waals surface area contributed by atoms with Crippen LogP contribution in [-0.4, -0.2) is 0 Å². The van der Waals surface area contributed by atoms with Crippen molar-refractivity contribution in [3.63, 3.8) is 0 Å². The zero-order valence-electron chi connectivity index (χ0n) is 60.6. The van der Waals surface area contributed by atoms with Crippen molar-refractivity contribution in [2.45, 2.75) is 118 Å². The highest BCUT2D eigenvalue weighted by atomic mass is 14.1. The fourth-order valence-electron chi connectivity index (χ4n) is 12.7. The molecule has 16 aromatic carbocycles. The Kier molecular flexibility index (Phi) is 24.4. The SMILES string of the molecule is Cc1cc(C)c2ccccc2c1.Cc1cc2ccccc2cc1C.Cc1ccc2c(C)ccc(C)c2c1.Cc1ccc2cc(C)ccc2c1.Cc1ccc2ccc(C)cc2c1.Cc1ccc2cccc(C)c2c1.Cc1ccc2ccccc2c1C.Cc1cccc2cccc(C)c12. The Bertz CT molecular complexity index is 5170. The molecular formula is C97H98. The van der Waals surface area contributed by atoms with Crippen molar-refractivity contribution in [2.24, 2.45) is 0 Å². The van der Waals surface area contributed by atoms with E-state index in [9.17, 15) is 0 Å². The quantitative estimate of drug-likeness (QED) is 0.142. The second kappa shape index (κ2) is 33.3. The largest absolute Gasteiger partial charge is 0.0616 e. The molecule has 486 valence electrons. The molecular weight excluding hydrogens is 1170 g/mol. The van der Waals surface area contributed by atoms with E-state index in [1.54, 1.807) is 0 Å². The summed E-state index contributed by atoms with van der Waals surface area (Å²) < 4.78 is 0. The first kappa shape index (κ1) is 70.9. The van der Waals surface area contributed by atoms with Crippen molar-refractivity contribution in [1.82, 2.24) is 0 Å². The summed E-state index contributed by atoms with van der Waals surface area (Å²) in [5, 5.41) is 21.6. The van der Waals surface area contributed by atoms with E-state index >= 15 is 0 Å². The molecule has 0 heterocycles. The van der Waals surface area contributed by atoms with E-state index in [1.165, 1.54) is 181 Å². The van der Waals surface area contributed by atoms with Crippen molar-refractivity contribution >= 4 is 86.2 Å². The zero-order chi connectivity index (χ0) is 69.3. The maximum atomic E-state index is 2.26. The van der Waals surface area contributed by atoms with Gasteiger partial charge in [-0.1, -0.05) is 324 Å². The van der Waals surface area contributed by atoms with E-state index in [2.05, 4.69) is 403 Å². The van der Waals surface area contributed by atoms with Crippen LogP contribution in [0.25, 0.3) is 86.2 Å². The Hall–Kier alpha value is -10.4. The summed E-state index contributed by atoms with van der Waals surface area (Å²) in [5.41, 5.74) is 23.0. The monoisotopic (exact) mass is 1260 g/mol. The first-order chi connectivity index (χ1) is 46.6. The van der Waals surface area contributed by atoms with E-state index in [1.807, 2.05) is 0 Å². The van der Waals surface area contributed by atoms with E-state index in [0.717, 1.165) is 0 Å². The molecule has 0 aliphatic rings. The molecule has 0 bridgehead atoms. The maximum absolute atomic E-state index is 2.26. The highest BCUT2D eigenvalue weighted by Gasteiger charge is 2.04. The smallest absolute Gasteiger partial charge is 0.0125 e. The van der Waals surface area contributed by atoms with Gasteiger partial charge in [0.15, 0.2) is 0 Å². The predicted molar refractivity (Wildman–Crippen MR) is 432 cm³/mol. The Balaban J connectivity index is 0.000000130. The van der Waals surface area contributed by atoms with Crippen LogP contribution in [0.4, 0.5) is 0 Å². The molecule has 0 N–H and O–H groups in total. The van der Waals surface area contributed by atoms with Crippen LogP contribution in [0.15, 0.2) is 285 Å². The third-order valence-electron chi connectivity index (χ3n) is 18.5. The summed E-state index contributed by atoms with van der Waals surface area (Å²) in [6, 6.07) is 102. The molecule has 0 atom stereocenters. The lowest BCUT2D eigenvalue weighted by Crippen LogP contribution is -1.83. The van der Waals surface area contributed by atoms with Crippen molar-refractivity contribution in [3.05, 3.63) is 380 Å². The number of aryl methyl sites for hydroxylation is 17. The van der Waals surface area contributed by atoms with Crippen LogP contribution in [0.2, 0.25) is 0 Å². The highest BCUT2D eigenvalue weighted by Crippen LogP contribution is 2.27. The first-order valence-corrected chi connectivity index (χ1v) is 34.3. The molecule has 0 saturated carbocycles. The van der Waals surface area contributed by atoms with Crippen molar-refractivity contribution in [1.29, 1.82) is 0 Å². The summed E-state index contributed by atoms with van der Waals surface area (Å²) in [6.45, 7) is 36.5. The van der Waals surface area contributed by atoms with Gasteiger partial charge >= 0.3 is 0 Å². The molecule has 0 radical (unpaired) electrons. The lowest BCUT2D eigenvalue weighted by atomic mass is 9.99. The minimum Gasteiger partial charge on any atom is -0.0616 e. The molecule has 0 heteroatoms. The molecule has 16 aromatic rings. The highest BCUT2D eigenvalue weighted by molar-refractivity contribution is 5.92. The topological polar surface area (TPSA) is 0 Å². The van der Waals surface area contributed by atoms with Gasteiger partial charge in [-0.05, 0) is 260 Å². The standard InChI is InChI=1S/C13H14.7C12H12/c1-9-4-7-12-10(2)5-6-11(3)13(12)8-9;1-9-3-5-12-8-10(2)4-6-11(12)7-9;1-9-3-5-11-6-4-10(2)8-12(11)7-9;1-9-5-3-7-11-8-4-6-10(2)12(9)11;1-9-6-7-11-5-3-4-10(2)12(11)8-9;1-9-7-11-5-3-4-6-12(11)8-10(9)2;1-9-7-10(2)12-6-4-3-5-11(12)8-9;1-9-7-8-11-5-3-4-6-12(11)10(9)2/h4-8H,1-3H3;7*3-8H,1-2H3. The van der Waals surface area contributed by atoms with E-state index in [0.29, 0.717) is 0 Å². The van der Waals surface area contributed by atoms with Crippen molar-refractivity contribution in [2.75, 3.05) is 0 Å². The number of hydrogen-bond donors (Lipinski definition) is 0. The number of hydrogen-bond acceptors (Lipinski definition) is 0. The van der Waals surface area contributed by atoms with Gasteiger partial charge in [-0.3, -0.25) is 0 Å². The number of fused-ring (bicyclic) bond motifs is 8.